The molecule has 7 heteroatoms. The van der Waals surface area contributed by atoms with E-state index in [2.05, 4.69) is 36.4 Å². The first kappa shape index (κ1) is 20.5. The number of amides is 1. The minimum Gasteiger partial charge on any atom is -0.394 e. The van der Waals surface area contributed by atoms with Gasteiger partial charge in [0.05, 0.1) is 5.69 Å². The summed E-state index contributed by atoms with van der Waals surface area (Å²) >= 11 is 0. The molecule has 0 unspecified atom stereocenters. The van der Waals surface area contributed by atoms with Crippen LogP contribution < -0.4 is 16.2 Å². The van der Waals surface area contributed by atoms with Gasteiger partial charge in [0.15, 0.2) is 0 Å². The van der Waals surface area contributed by atoms with Crippen LogP contribution in [-0.2, 0) is 32.9 Å². The van der Waals surface area contributed by atoms with Gasteiger partial charge in [-0.25, -0.2) is 4.98 Å². The van der Waals surface area contributed by atoms with E-state index in [1.165, 1.54) is 15.8 Å². The van der Waals surface area contributed by atoms with E-state index in [1.807, 2.05) is 11.0 Å². The number of nitrogen functional groups attached to an aromatic ring is 1. The van der Waals surface area contributed by atoms with E-state index in [0.29, 0.717) is 18.8 Å². The molecule has 1 aliphatic heterocycles. The Morgan fingerprint density at radius 3 is 2.66 bits per heavy atom. The number of carbonyl (C=O) groups is 1. The number of aromatic nitrogens is 3. The minimum atomic E-state index is -0.218. The van der Waals surface area contributed by atoms with Gasteiger partial charge >= 0.3 is 0 Å². The SMILES string of the molecule is CCc1c(-c2cc(N)c(=O)n(C)c2)ccnc1N1CCn2c(cc3c2CC(C)(C)C3)C1=O. The molecule has 2 N–H and O–H groups in total. The van der Waals surface area contributed by atoms with Gasteiger partial charge in [-0.15, -0.1) is 0 Å². The molecule has 0 saturated heterocycles. The molecule has 0 saturated carbocycles. The normalized spacial score (nSPS) is 16.9. The van der Waals surface area contributed by atoms with Crippen LogP contribution in [0.1, 0.15) is 48.1 Å². The highest BCUT2D eigenvalue weighted by molar-refractivity contribution is 6.06. The first-order chi connectivity index (χ1) is 15.2. The Hall–Kier alpha value is -3.35. The fourth-order valence-corrected chi connectivity index (χ4v) is 5.33. The van der Waals surface area contributed by atoms with Crippen molar-refractivity contribution in [3.63, 3.8) is 0 Å². The summed E-state index contributed by atoms with van der Waals surface area (Å²) in [4.78, 5) is 32.0. The van der Waals surface area contributed by atoms with E-state index in [0.717, 1.165) is 41.8 Å². The predicted octanol–water partition coefficient (Wildman–Crippen LogP) is 3.18. The van der Waals surface area contributed by atoms with Gasteiger partial charge < -0.3 is 14.9 Å². The molecule has 3 aromatic heterocycles. The summed E-state index contributed by atoms with van der Waals surface area (Å²) in [6.45, 7) is 7.99. The largest absolute Gasteiger partial charge is 0.394 e. The van der Waals surface area contributed by atoms with Crippen LogP contribution in [0.3, 0.4) is 0 Å². The Labute approximate surface area is 187 Å². The molecular weight excluding hydrogens is 402 g/mol. The number of anilines is 2. The molecule has 1 aliphatic carbocycles. The van der Waals surface area contributed by atoms with Crippen molar-refractivity contribution in [2.24, 2.45) is 12.5 Å². The smallest absolute Gasteiger partial charge is 0.276 e. The first-order valence-corrected chi connectivity index (χ1v) is 11.2. The van der Waals surface area contributed by atoms with Crippen LogP contribution >= 0.6 is 0 Å². The lowest BCUT2D eigenvalue weighted by Crippen LogP contribution is -2.41. The van der Waals surface area contributed by atoms with E-state index in [4.69, 9.17) is 5.73 Å². The van der Waals surface area contributed by atoms with Crippen LogP contribution in [0.4, 0.5) is 11.5 Å². The van der Waals surface area contributed by atoms with Crippen LogP contribution in [-0.4, -0.2) is 26.6 Å². The van der Waals surface area contributed by atoms with Crippen molar-refractivity contribution < 1.29 is 4.79 Å². The molecule has 0 bridgehead atoms. The lowest BCUT2D eigenvalue weighted by Gasteiger charge is -2.31. The fourth-order valence-electron chi connectivity index (χ4n) is 5.33. The second-order valence-electron chi connectivity index (χ2n) is 9.74. The van der Waals surface area contributed by atoms with E-state index >= 15 is 0 Å². The maximum Gasteiger partial charge on any atom is 0.276 e. The molecule has 0 aromatic carbocycles. The Kier molecular flexibility index (Phi) is 4.55. The number of nitrogens with two attached hydrogens (primary N) is 1. The Bertz CT molecular complexity index is 1290. The number of nitrogens with zero attached hydrogens (tertiary/aromatic N) is 4. The van der Waals surface area contributed by atoms with Gasteiger partial charge in [0, 0.05) is 49.4 Å². The lowest BCUT2D eigenvalue weighted by molar-refractivity contribution is 0.0963. The first-order valence-electron chi connectivity index (χ1n) is 11.2. The molecule has 0 fully saturated rings. The summed E-state index contributed by atoms with van der Waals surface area (Å²) in [5.41, 5.74) is 12.3. The summed E-state index contributed by atoms with van der Waals surface area (Å²) in [7, 11) is 1.69. The van der Waals surface area contributed by atoms with Crippen LogP contribution in [0.5, 0.6) is 0 Å². The van der Waals surface area contributed by atoms with Crippen LogP contribution in [0, 0.1) is 5.41 Å². The van der Waals surface area contributed by atoms with Crippen LogP contribution in [0.25, 0.3) is 11.1 Å². The summed E-state index contributed by atoms with van der Waals surface area (Å²) < 4.78 is 3.71. The summed E-state index contributed by atoms with van der Waals surface area (Å²) in [6.07, 6.45) is 6.24. The molecule has 3 aromatic rings. The van der Waals surface area contributed by atoms with Gasteiger partial charge in [-0.2, -0.15) is 0 Å². The predicted molar refractivity (Wildman–Crippen MR) is 126 cm³/mol. The van der Waals surface area contributed by atoms with Crippen molar-refractivity contribution in [1.82, 2.24) is 14.1 Å². The van der Waals surface area contributed by atoms with Gasteiger partial charge in [-0.1, -0.05) is 20.8 Å². The second kappa shape index (κ2) is 7.08. The highest BCUT2D eigenvalue weighted by atomic mass is 16.2. The lowest BCUT2D eigenvalue weighted by atomic mass is 9.90. The quantitative estimate of drug-likeness (QED) is 0.690. The monoisotopic (exact) mass is 431 g/mol. The number of hydrogen-bond donors (Lipinski definition) is 1. The Morgan fingerprint density at radius 2 is 1.94 bits per heavy atom. The highest BCUT2D eigenvalue weighted by Gasteiger charge is 2.37. The van der Waals surface area contributed by atoms with Crippen molar-refractivity contribution in [1.29, 1.82) is 0 Å². The zero-order valence-corrected chi connectivity index (χ0v) is 19.1. The number of aryl methyl sites for hydroxylation is 1. The average molecular weight is 432 g/mol. The van der Waals surface area contributed by atoms with E-state index < -0.39 is 0 Å². The summed E-state index contributed by atoms with van der Waals surface area (Å²) in [5, 5.41) is 0. The third kappa shape index (κ3) is 3.06. The van der Waals surface area contributed by atoms with E-state index in [1.54, 1.807) is 25.5 Å². The zero-order valence-electron chi connectivity index (χ0n) is 19.1. The average Bonchev–Trinajstić information content (AvgIpc) is 3.23. The number of carbonyl (C=O) groups excluding carboxylic acids is 1. The molecule has 7 nitrogen and oxygen atoms in total. The molecule has 2 aliphatic rings. The molecule has 0 radical (unpaired) electrons. The van der Waals surface area contributed by atoms with Crippen molar-refractivity contribution in [2.75, 3.05) is 17.2 Å². The molecule has 32 heavy (non-hydrogen) atoms. The Balaban J connectivity index is 1.57. The highest BCUT2D eigenvalue weighted by Crippen LogP contribution is 2.40. The van der Waals surface area contributed by atoms with E-state index in [-0.39, 0.29) is 22.6 Å². The number of pyridine rings is 2. The zero-order chi connectivity index (χ0) is 22.8. The van der Waals surface area contributed by atoms with E-state index in [9.17, 15) is 9.59 Å². The van der Waals surface area contributed by atoms with Crippen molar-refractivity contribution in [2.45, 2.75) is 46.6 Å². The molecule has 0 atom stereocenters. The van der Waals surface area contributed by atoms with Gasteiger partial charge in [-0.3, -0.25) is 14.5 Å². The van der Waals surface area contributed by atoms with Crippen molar-refractivity contribution in [3.05, 3.63) is 63.5 Å². The molecule has 5 rings (SSSR count). The van der Waals surface area contributed by atoms with Gasteiger partial charge in [0.1, 0.15) is 11.5 Å². The molecular formula is C25H29N5O2. The van der Waals surface area contributed by atoms with Crippen molar-refractivity contribution >= 4 is 17.4 Å². The van der Waals surface area contributed by atoms with Gasteiger partial charge in [0.25, 0.3) is 11.5 Å². The second-order valence-corrected chi connectivity index (χ2v) is 9.74. The van der Waals surface area contributed by atoms with Crippen molar-refractivity contribution in [3.8, 4) is 11.1 Å². The molecule has 1 amide bonds. The fraction of sp³-hybridized carbons (Fsp3) is 0.400. The van der Waals surface area contributed by atoms with Gasteiger partial charge in [0.2, 0.25) is 0 Å². The van der Waals surface area contributed by atoms with Crippen LogP contribution in [0.2, 0.25) is 0 Å². The molecule has 0 spiro atoms. The maximum absolute atomic E-state index is 13.6. The third-order valence-electron chi connectivity index (χ3n) is 6.79. The molecule has 4 heterocycles. The number of fused-ring (bicyclic) bond motifs is 3. The minimum absolute atomic E-state index is 0.00258. The van der Waals surface area contributed by atoms with Gasteiger partial charge in [-0.05, 0) is 54.0 Å². The topological polar surface area (TPSA) is 86.2 Å². The molecule has 166 valence electrons. The number of hydrogen-bond acceptors (Lipinski definition) is 4. The third-order valence-corrected chi connectivity index (χ3v) is 6.79. The standard InChI is InChI=1S/C25H29N5O2/c1-5-17-18(16-10-19(26)23(31)28(4)14-16)6-7-27-22(17)30-9-8-29-20(24(30)32)11-15-12-25(2,3)13-21(15)29/h6-7,10-11,14H,5,8-9,12-13,26H2,1-4H3. The van der Waals surface area contributed by atoms with Crippen LogP contribution in [0.15, 0.2) is 35.4 Å². The summed E-state index contributed by atoms with van der Waals surface area (Å²) in [6, 6.07) is 5.72. The Morgan fingerprint density at radius 1 is 1.16 bits per heavy atom. The summed E-state index contributed by atoms with van der Waals surface area (Å²) in [5.74, 6) is 0.693. The number of rotatable bonds is 3. The maximum atomic E-state index is 13.6.